The van der Waals surface area contributed by atoms with Crippen LogP contribution in [0.15, 0.2) is 30.6 Å². The van der Waals surface area contributed by atoms with Crippen LogP contribution in [0.25, 0.3) is 0 Å². The van der Waals surface area contributed by atoms with Crippen LogP contribution in [0.2, 0.25) is 5.02 Å². The summed E-state index contributed by atoms with van der Waals surface area (Å²) in [4.78, 5) is 33.3. The molecule has 7 nitrogen and oxygen atoms in total. The number of aromatic carboxylic acids is 1. The molecule has 2 heterocycles. The number of nitrogens with zero attached hydrogens (tertiary/aromatic N) is 3. The molecule has 2 atom stereocenters. The van der Waals surface area contributed by atoms with Crippen molar-refractivity contribution in [3.05, 3.63) is 46.7 Å². The summed E-state index contributed by atoms with van der Waals surface area (Å²) in [6.45, 7) is 3.45. The third-order valence-electron chi connectivity index (χ3n) is 4.19. The molecule has 1 aromatic heterocycles. The van der Waals surface area contributed by atoms with E-state index in [-0.39, 0.29) is 23.6 Å². The smallest absolute Gasteiger partial charge is 0.335 e. The fraction of sp³-hybridized carbons (Fsp3) is 0.294. The quantitative estimate of drug-likeness (QED) is 0.873. The Morgan fingerprint density at radius 3 is 2.60 bits per heavy atom. The molecule has 0 fully saturated rings. The molecule has 1 aliphatic heterocycles. The van der Waals surface area contributed by atoms with Gasteiger partial charge >= 0.3 is 5.97 Å². The molecular formula is C17H17ClN4O3. The van der Waals surface area contributed by atoms with Gasteiger partial charge < -0.3 is 15.3 Å². The van der Waals surface area contributed by atoms with E-state index in [1.54, 1.807) is 17.0 Å². The van der Waals surface area contributed by atoms with Crippen LogP contribution in [0.1, 0.15) is 42.2 Å². The Morgan fingerprint density at radius 2 is 2.00 bits per heavy atom. The average molecular weight is 361 g/mol. The number of carboxylic acid groups (broad SMARTS) is 1. The van der Waals surface area contributed by atoms with Crippen molar-refractivity contribution in [2.45, 2.75) is 32.4 Å². The molecule has 1 aliphatic rings. The molecule has 0 radical (unpaired) electrons. The van der Waals surface area contributed by atoms with Gasteiger partial charge in [0.1, 0.15) is 0 Å². The molecule has 0 saturated carbocycles. The van der Waals surface area contributed by atoms with Crippen LogP contribution < -0.4 is 10.2 Å². The van der Waals surface area contributed by atoms with E-state index < -0.39 is 5.97 Å². The third kappa shape index (κ3) is 3.41. The number of fused-ring (bicyclic) bond motifs is 1. The highest BCUT2D eigenvalue weighted by Gasteiger charge is 2.33. The Morgan fingerprint density at radius 1 is 1.32 bits per heavy atom. The summed E-state index contributed by atoms with van der Waals surface area (Å²) in [6, 6.07) is 4.50. The number of carboxylic acids is 1. The van der Waals surface area contributed by atoms with Crippen molar-refractivity contribution in [3.8, 4) is 0 Å². The van der Waals surface area contributed by atoms with Gasteiger partial charge in [0, 0.05) is 18.7 Å². The van der Waals surface area contributed by atoms with Crippen LogP contribution in [-0.2, 0) is 4.79 Å². The van der Waals surface area contributed by atoms with Gasteiger partial charge in [0.2, 0.25) is 11.9 Å². The van der Waals surface area contributed by atoms with E-state index in [0.29, 0.717) is 23.1 Å². The minimum Gasteiger partial charge on any atom is -0.478 e. The molecule has 2 N–H and O–H groups in total. The standard InChI is InChI=1S/C17H17ClN4O3/c1-9-5-14(21-17-19-7-12(18)8-20-17)13-6-11(16(24)25)3-4-15(13)22(9)10(2)23/h3-4,6-9,14H,5H2,1-2H3,(H,24,25)(H,19,20,21)/t9-,14+/m0/s1. The summed E-state index contributed by atoms with van der Waals surface area (Å²) in [6.07, 6.45) is 3.57. The van der Waals surface area contributed by atoms with Gasteiger partial charge in [-0.1, -0.05) is 11.6 Å². The predicted octanol–water partition coefficient (Wildman–Crippen LogP) is 3.13. The van der Waals surface area contributed by atoms with Crippen LogP contribution in [0.5, 0.6) is 0 Å². The lowest BCUT2D eigenvalue weighted by Crippen LogP contribution is -2.43. The van der Waals surface area contributed by atoms with Crippen molar-refractivity contribution >= 4 is 35.1 Å². The van der Waals surface area contributed by atoms with Crippen molar-refractivity contribution in [2.24, 2.45) is 0 Å². The first-order valence-electron chi connectivity index (χ1n) is 7.78. The molecule has 0 aliphatic carbocycles. The van der Waals surface area contributed by atoms with Gasteiger partial charge in [-0.3, -0.25) is 4.79 Å². The van der Waals surface area contributed by atoms with Gasteiger partial charge in [0.25, 0.3) is 0 Å². The number of benzene rings is 1. The molecule has 0 spiro atoms. The number of hydrogen-bond donors (Lipinski definition) is 2. The second-order valence-corrected chi connectivity index (χ2v) is 6.41. The first-order chi connectivity index (χ1) is 11.9. The largest absolute Gasteiger partial charge is 0.478 e. The lowest BCUT2D eigenvalue weighted by atomic mass is 9.90. The van der Waals surface area contributed by atoms with Gasteiger partial charge in [-0.25, -0.2) is 14.8 Å². The monoisotopic (exact) mass is 360 g/mol. The van der Waals surface area contributed by atoms with Crippen LogP contribution in [0, 0.1) is 0 Å². The summed E-state index contributed by atoms with van der Waals surface area (Å²) >= 11 is 5.81. The van der Waals surface area contributed by atoms with E-state index in [9.17, 15) is 14.7 Å². The van der Waals surface area contributed by atoms with Gasteiger partial charge in [-0.2, -0.15) is 0 Å². The lowest BCUT2D eigenvalue weighted by molar-refractivity contribution is -0.117. The summed E-state index contributed by atoms with van der Waals surface area (Å²) < 4.78 is 0. The van der Waals surface area contributed by atoms with Crippen LogP contribution >= 0.6 is 11.6 Å². The van der Waals surface area contributed by atoms with Gasteiger partial charge in [-0.05, 0) is 37.1 Å². The van der Waals surface area contributed by atoms with E-state index in [1.807, 2.05) is 6.92 Å². The van der Waals surface area contributed by atoms with E-state index in [4.69, 9.17) is 11.6 Å². The van der Waals surface area contributed by atoms with E-state index >= 15 is 0 Å². The topological polar surface area (TPSA) is 95.4 Å². The molecule has 130 valence electrons. The Balaban J connectivity index is 2.03. The van der Waals surface area contributed by atoms with E-state index in [2.05, 4.69) is 15.3 Å². The molecular weight excluding hydrogens is 344 g/mol. The molecule has 0 unspecified atom stereocenters. The number of carbonyl (C=O) groups excluding carboxylic acids is 1. The predicted molar refractivity (Wildman–Crippen MR) is 94.0 cm³/mol. The highest BCUT2D eigenvalue weighted by Crippen LogP contribution is 2.39. The minimum absolute atomic E-state index is 0.0505. The Kier molecular flexibility index (Phi) is 4.59. The molecule has 3 rings (SSSR count). The number of hydrogen-bond acceptors (Lipinski definition) is 5. The van der Waals surface area contributed by atoms with Crippen molar-refractivity contribution in [1.82, 2.24) is 9.97 Å². The third-order valence-corrected chi connectivity index (χ3v) is 4.39. The molecule has 25 heavy (non-hydrogen) atoms. The maximum Gasteiger partial charge on any atom is 0.335 e. The molecule has 2 aromatic rings. The normalized spacial score (nSPS) is 19.2. The lowest BCUT2D eigenvalue weighted by Gasteiger charge is -2.39. The summed E-state index contributed by atoms with van der Waals surface area (Å²) in [5.41, 5.74) is 1.59. The highest BCUT2D eigenvalue weighted by molar-refractivity contribution is 6.30. The van der Waals surface area contributed by atoms with Gasteiger partial charge in [0.15, 0.2) is 0 Å². The average Bonchev–Trinajstić information content (AvgIpc) is 2.56. The number of amides is 1. The van der Waals surface area contributed by atoms with Crippen molar-refractivity contribution in [2.75, 3.05) is 10.2 Å². The number of nitrogens with one attached hydrogen (secondary N) is 1. The zero-order valence-corrected chi connectivity index (χ0v) is 14.5. The maximum atomic E-state index is 12.0. The minimum atomic E-state index is -1.02. The number of halogens is 1. The number of aromatic nitrogens is 2. The van der Waals surface area contributed by atoms with Crippen molar-refractivity contribution in [3.63, 3.8) is 0 Å². The number of rotatable bonds is 3. The molecule has 1 aromatic carbocycles. The summed E-state index contributed by atoms with van der Waals surface area (Å²) in [5, 5.41) is 12.9. The number of anilines is 2. The Bertz CT molecular complexity index is 825. The molecule has 0 bridgehead atoms. The Labute approximate surface area is 149 Å². The van der Waals surface area contributed by atoms with Crippen LogP contribution in [0.4, 0.5) is 11.6 Å². The zero-order chi connectivity index (χ0) is 18.1. The summed E-state index contributed by atoms with van der Waals surface area (Å²) in [5.74, 6) is -0.708. The first-order valence-corrected chi connectivity index (χ1v) is 8.15. The second kappa shape index (κ2) is 6.68. The highest BCUT2D eigenvalue weighted by atomic mass is 35.5. The molecule has 0 saturated heterocycles. The molecule has 1 amide bonds. The fourth-order valence-corrected chi connectivity index (χ4v) is 3.25. The fourth-order valence-electron chi connectivity index (χ4n) is 3.16. The van der Waals surface area contributed by atoms with Crippen LogP contribution in [-0.4, -0.2) is 33.0 Å². The van der Waals surface area contributed by atoms with E-state index in [1.165, 1.54) is 25.4 Å². The second-order valence-electron chi connectivity index (χ2n) is 5.97. The molecule has 8 heteroatoms. The van der Waals surface area contributed by atoms with Crippen molar-refractivity contribution < 1.29 is 14.7 Å². The Hall–Kier alpha value is -2.67. The van der Waals surface area contributed by atoms with Crippen LogP contribution in [0.3, 0.4) is 0 Å². The first kappa shape index (κ1) is 17.2. The zero-order valence-electron chi connectivity index (χ0n) is 13.7. The summed E-state index contributed by atoms with van der Waals surface area (Å²) in [7, 11) is 0. The maximum absolute atomic E-state index is 12.0. The van der Waals surface area contributed by atoms with Gasteiger partial charge in [-0.15, -0.1) is 0 Å². The SMILES string of the molecule is CC(=O)N1c2ccc(C(=O)O)cc2[C@H](Nc2ncc(Cl)cn2)C[C@@H]1C. The van der Waals surface area contributed by atoms with Crippen molar-refractivity contribution in [1.29, 1.82) is 0 Å². The van der Waals surface area contributed by atoms with Gasteiger partial charge in [0.05, 0.1) is 29.0 Å². The number of carbonyl (C=O) groups is 2. The van der Waals surface area contributed by atoms with E-state index in [0.717, 1.165) is 5.56 Å².